The van der Waals surface area contributed by atoms with Gasteiger partial charge < -0.3 is 5.11 Å². The van der Waals surface area contributed by atoms with E-state index in [0.717, 1.165) is 23.0 Å². The second kappa shape index (κ2) is 2.61. The minimum Gasteiger partial charge on any atom is -0.383 e. The Bertz CT molecular complexity index is 531. The van der Waals surface area contributed by atoms with Crippen molar-refractivity contribution in [3.8, 4) is 0 Å². The van der Waals surface area contributed by atoms with Crippen LogP contribution in [-0.4, -0.2) is 14.9 Å². The van der Waals surface area contributed by atoms with Crippen LogP contribution in [0.4, 0.5) is 0 Å². The molecular weight excluding hydrogens is 188 g/mol. The number of nitrogens with zero attached hydrogens (tertiary/aromatic N) is 2. The van der Waals surface area contributed by atoms with Gasteiger partial charge in [0.2, 0.25) is 0 Å². The Hall–Kier alpha value is -1.35. The van der Waals surface area contributed by atoms with Crippen molar-refractivity contribution < 1.29 is 5.11 Å². The van der Waals surface area contributed by atoms with Crippen LogP contribution in [0.5, 0.6) is 0 Å². The lowest BCUT2D eigenvalue weighted by Crippen LogP contribution is -2.09. The summed E-state index contributed by atoms with van der Waals surface area (Å²) in [6.07, 6.45) is 0.827. The fraction of sp³-hybridized carbons (Fsp3) is 0.417. The van der Waals surface area contributed by atoms with Crippen molar-refractivity contribution in [3.63, 3.8) is 0 Å². The number of fused-ring (bicyclic) bond motifs is 1. The summed E-state index contributed by atoms with van der Waals surface area (Å²) in [5.41, 5.74) is 1.24. The molecule has 1 aromatic carbocycles. The molecule has 2 unspecified atom stereocenters. The SMILES string of the molecule is CC1CC1(O)c1nn(C)c2ccccc12. The number of hydrogen-bond acceptors (Lipinski definition) is 2. The zero-order valence-corrected chi connectivity index (χ0v) is 8.94. The van der Waals surface area contributed by atoms with Crippen LogP contribution in [0, 0.1) is 5.92 Å². The zero-order valence-electron chi connectivity index (χ0n) is 8.94. The molecule has 0 spiro atoms. The van der Waals surface area contributed by atoms with E-state index in [1.165, 1.54) is 0 Å². The number of rotatable bonds is 1. The average molecular weight is 202 g/mol. The Labute approximate surface area is 88.3 Å². The lowest BCUT2D eigenvalue weighted by atomic mass is 10.1. The van der Waals surface area contributed by atoms with Crippen LogP contribution < -0.4 is 0 Å². The van der Waals surface area contributed by atoms with Gasteiger partial charge in [-0.2, -0.15) is 5.10 Å². The summed E-state index contributed by atoms with van der Waals surface area (Å²) >= 11 is 0. The van der Waals surface area contributed by atoms with Gasteiger partial charge >= 0.3 is 0 Å². The fourth-order valence-electron chi connectivity index (χ4n) is 2.27. The summed E-state index contributed by atoms with van der Waals surface area (Å²) in [5.74, 6) is 0.329. The molecule has 2 aromatic rings. The van der Waals surface area contributed by atoms with Crippen LogP contribution in [0.15, 0.2) is 24.3 Å². The van der Waals surface area contributed by atoms with Crippen molar-refractivity contribution in [3.05, 3.63) is 30.0 Å². The zero-order chi connectivity index (χ0) is 10.6. The molecule has 1 aliphatic rings. The molecule has 1 N–H and O–H groups in total. The van der Waals surface area contributed by atoms with E-state index >= 15 is 0 Å². The minimum absolute atomic E-state index is 0.329. The van der Waals surface area contributed by atoms with E-state index in [9.17, 15) is 5.11 Å². The first kappa shape index (κ1) is 8.92. The predicted molar refractivity (Wildman–Crippen MR) is 58.4 cm³/mol. The van der Waals surface area contributed by atoms with E-state index in [4.69, 9.17) is 0 Å². The van der Waals surface area contributed by atoms with E-state index in [0.29, 0.717) is 5.92 Å². The van der Waals surface area contributed by atoms with Crippen molar-refractivity contribution in [2.45, 2.75) is 18.9 Å². The fourth-order valence-corrected chi connectivity index (χ4v) is 2.27. The first-order chi connectivity index (χ1) is 7.13. The molecule has 1 aliphatic carbocycles. The molecule has 15 heavy (non-hydrogen) atoms. The second-order valence-corrected chi connectivity index (χ2v) is 4.52. The Morgan fingerprint density at radius 2 is 2.13 bits per heavy atom. The van der Waals surface area contributed by atoms with Crippen LogP contribution in [0.3, 0.4) is 0 Å². The van der Waals surface area contributed by atoms with Gasteiger partial charge in [-0.1, -0.05) is 25.1 Å². The Morgan fingerprint density at radius 3 is 2.80 bits per heavy atom. The first-order valence-electron chi connectivity index (χ1n) is 5.27. The highest BCUT2D eigenvalue weighted by Crippen LogP contribution is 2.52. The molecule has 3 nitrogen and oxygen atoms in total. The third kappa shape index (κ3) is 1.07. The van der Waals surface area contributed by atoms with Gasteiger partial charge in [0.25, 0.3) is 0 Å². The molecule has 0 aliphatic heterocycles. The first-order valence-corrected chi connectivity index (χ1v) is 5.27. The Balaban J connectivity index is 2.28. The smallest absolute Gasteiger partial charge is 0.112 e. The van der Waals surface area contributed by atoms with Gasteiger partial charge in [-0.25, -0.2) is 0 Å². The van der Waals surface area contributed by atoms with Crippen molar-refractivity contribution >= 4 is 10.9 Å². The highest BCUT2D eigenvalue weighted by atomic mass is 16.3. The largest absolute Gasteiger partial charge is 0.383 e. The number of benzene rings is 1. The number of para-hydroxylation sites is 1. The van der Waals surface area contributed by atoms with E-state index in [-0.39, 0.29) is 0 Å². The standard InChI is InChI=1S/C12H14N2O/c1-8-7-12(8,15)11-9-5-3-4-6-10(9)14(2)13-11/h3-6,8,15H,7H2,1-2H3. The van der Waals surface area contributed by atoms with Gasteiger partial charge in [-0.05, 0) is 18.4 Å². The average Bonchev–Trinajstić information content (AvgIpc) is 2.70. The molecule has 1 fully saturated rings. The van der Waals surface area contributed by atoms with Gasteiger partial charge in [0.15, 0.2) is 0 Å². The van der Waals surface area contributed by atoms with E-state index in [1.807, 2.05) is 36.0 Å². The minimum atomic E-state index is -0.680. The molecule has 1 heterocycles. The van der Waals surface area contributed by atoms with Gasteiger partial charge in [-0.15, -0.1) is 0 Å². The molecule has 1 aromatic heterocycles. The normalized spacial score (nSPS) is 29.7. The summed E-state index contributed by atoms with van der Waals surface area (Å²) in [6, 6.07) is 8.04. The maximum atomic E-state index is 10.3. The van der Waals surface area contributed by atoms with Gasteiger partial charge in [0.1, 0.15) is 11.3 Å². The molecule has 3 rings (SSSR count). The third-order valence-corrected chi connectivity index (χ3v) is 3.44. The Kier molecular flexibility index (Phi) is 1.55. The molecule has 2 atom stereocenters. The summed E-state index contributed by atoms with van der Waals surface area (Å²) in [4.78, 5) is 0. The highest BCUT2D eigenvalue weighted by molar-refractivity contribution is 5.83. The molecule has 0 saturated heterocycles. The second-order valence-electron chi connectivity index (χ2n) is 4.52. The highest BCUT2D eigenvalue weighted by Gasteiger charge is 2.53. The quantitative estimate of drug-likeness (QED) is 0.765. The Morgan fingerprint density at radius 1 is 1.47 bits per heavy atom. The third-order valence-electron chi connectivity index (χ3n) is 3.44. The molecular formula is C12H14N2O. The lowest BCUT2D eigenvalue weighted by molar-refractivity contribution is 0.130. The lowest BCUT2D eigenvalue weighted by Gasteiger charge is -2.04. The van der Waals surface area contributed by atoms with Crippen LogP contribution in [0.1, 0.15) is 19.0 Å². The van der Waals surface area contributed by atoms with Gasteiger partial charge in [-0.3, -0.25) is 4.68 Å². The number of hydrogen-bond donors (Lipinski definition) is 1. The van der Waals surface area contributed by atoms with Crippen molar-refractivity contribution in [1.29, 1.82) is 0 Å². The van der Waals surface area contributed by atoms with Crippen LogP contribution in [0.2, 0.25) is 0 Å². The number of aryl methyl sites for hydroxylation is 1. The van der Waals surface area contributed by atoms with E-state index < -0.39 is 5.60 Å². The summed E-state index contributed by atoms with van der Waals surface area (Å²) in [5, 5.41) is 15.8. The van der Waals surface area contributed by atoms with E-state index in [2.05, 4.69) is 12.0 Å². The molecule has 1 saturated carbocycles. The summed E-state index contributed by atoms with van der Waals surface area (Å²) < 4.78 is 1.84. The van der Waals surface area contributed by atoms with E-state index in [1.54, 1.807) is 0 Å². The molecule has 3 heteroatoms. The summed E-state index contributed by atoms with van der Waals surface area (Å²) in [7, 11) is 1.92. The van der Waals surface area contributed by atoms with Crippen LogP contribution >= 0.6 is 0 Å². The number of aromatic nitrogens is 2. The maximum absolute atomic E-state index is 10.3. The monoisotopic (exact) mass is 202 g/mol. The molecule has 0 bridgehead atoms. The van der Waals surface area contributed by atoms with Gasteiger partial charge in [0.05, 0.1) is 5.52 Å². The topological polar surface area (TPSA) is 38.1 Å². The van der Waals surface area contributed by atoms with Crippen molar-refractivity contribution in [2.75, 3.05) is 0 Å². The number of aliphatic hydroxyl groups is 1. The van der Waals surface area contributed by atoms with Crippen molar-refractivity contribution in [1.82, 2.24) is 9.78 Å². The molecule has 0 amide bonds. The summed E-state index contributed by atoms with van der Waals surface area (Å²) in [6.45, 7) is 2.06. The van der Waals surface area contributed by atoms with Gasteiger partial charge in [0, 0.05) is 12.4 Å². The van der Waals surface area contributed by atoms with Crippen LogP contribution in [0.25, 0.3) is 10.9 Å². The van der Waals surface area contributed by atoms with Crippen LogP contribution in [-0.2, 0) is 12.6 Å². The molecule has 78 valence electrons. The van der Waals surface area contributed by atoms with Crippen molar-refractivity contribution in [2.24, 2.45) is 13.0 Å². The maximum Gasteiger partial charge on any atom is 0.112 e. The predicted octanol–water partition coefficient (Wildman–Crippen LogP) is 1.80. The molecule has 0 radical (unpaired) electrons.